The molecule has 4 aromatic rings. The van der Waals surface area contributed by atoms with Gasteiger partial charge in [0.2, 0.25) is 0 Å². The summed E-state index contributed by atoms with van der Waals surface area (Å²) in [5.41, 5.74) is 3.92. The van der Waals surface area contributed by atoms with Crippen LogP contribution in [0, 0.1) is 5.82 Å². The van der Waals surface area contributed by atoms with Crippen molar-refractivity contribution < 1.29 is 14.0 Å². The number of carbonyl (C=O) groups is 2. The fourth-order valence-corrected chi connectivity index (χ4v) is 4.66. The average Bonchev–Trinajstić information content (AvgIpc) is 3.32. The number of hydrogen-bond acceptors (Lipinski definition) is 5. The number of aromatic nitrogens is 4. The second kappa shape index (κ2) is 9.61. The fraction of sp³-hybridized carbons (Fsp3) is 0.269. The molecule has 0 radical (unpaired) electrons. The van der Waals surface area contributed by atoms with Crippen molar-refractivity contribution in [3.05, 3.63) is 95.0 Å². The Balaban J connectivity index is 1.36. The normalized spacial score (nSPS) is 15.8. The molecule has 1 aliphatic rings. The summed E-state index contributed by atoms with van der Waals surface area (Å²) in [6.07, 6.45) is 7.03. The van der Waals surface area contributed by atoms with Crippen LogP contribution in [0.4, 0.5) is 4.39 Å². The molecular weight excluding hydrogens is 447 g/mol. The number of pyridine rings is 1. The van der Waals surface area contributed by atoms with Gasteiger partial charge in [0, 0.05) is 56.1 Å². The fourth-order valence-electron chi connectivity index (χ4n) is 4.66. The summed E-state index contributed by atoms with van der Waals surface area (Å²) in [7, 11) is 1.57. The summed E-state index contributed by atoms with van der Waals surface area (Å²) in [6.45, 7) is 1.20. The molecule has 5 rings (SSSR count). The Bertz CT molecular complexity index is 1400. The zero-order chi connectivity index (χ0) is 24.4. The lowest BCUT2D eigenvalue weighted by molar-refractivity contribution is 0.0704. The smallest absolute Gasteiger partial charge is 0.256 e. The number of nitrogens with zero attached hydrogens (tertiary/aromatic N) is 5. The largest absolute Gasteiger partial charge is 0.355 e. The van der Waals surface area contributed by atoms with Gasteiger partial charge >= 0.3 is 0 Å². The molecule has 1 fully saturated rings. The van der Waals surface area contributed by atoms with E-state index in [2.05, 4.69) is 20.4 Å². The summed E-state index contributed by atoms with van der Waals surface area (Å²) >= 11 is 0. The van der Waals surface area contributed by atoms with Crippen LogP contribution >= 0.6 is 0 Å². The molecule has 9 heteroatoms. The van der Waals surface area contributed by atoms with Crippen molar-refractivity contribution in [1.82, 2.24) is 29.8 Å². The first-order valence-electron chi connectivity index (χ1n) is 11.6. The van der Waals surface area contributed by atoms with E-state index in [1.807, 2.05) is 17.0 Å². The first kappa shape index (κ1) is 22.6. The molecule has 1 saturated heterocycles. The molecule has 1 N–H and O–H groups in total. The molecule has 178 valence electrons. The van der Waals surface area contributed by atoms with Crippen molar-refractivity contribution in [1.29, 1.82) is 0 Å². The van der Waals surface area contributed by atoms with Crippen LogP contribution in [0.3, 0.4) is 0 Å². The molecule has 0 unspecified atom stereocenters. The highest BCUT2D eigenvalue weighted by Crippen LogP contribution is 2.28. The Labute approximate surface area is 201 Å². The summed E-state index contributed by atoms with van der Waals surface area (Å²) in [6, 6.07) is 11.8. The van der Waals surface area contributed by atoms with Crippen molar-refractivity contribution >= 4 is 17.5 Å². The van der Waals surface area contributed by atoms with Gasteiger partial charge in [-0.25, -0.2) is 13.9 Å². The van der Waals surface area contributed by atoms with Crippen molar-refractivity contribution in [3.63, 3.8) is 0 Å². The van der Waals surface area contributed by atoms with Gasteiger partial charge in [-0.2, -0.15) is 5.10 Å². The zero-order valence-corrected chi connectivity index (χ0v) is 19.3. The van der Waals surface area contributed by atoms with Gasteiger partial charge in [-0.15, -0.1) is 0 Å². The van der Waals surface area contributed by atoms with Crippen molar-refractivity contribution in [2.45, 2.75) is 25.2 Å². The van der Waals surface area contributed by atoms with Gasteiger partial charge < -0.3 is 10.2 Å². The summed E-state index contributed by atoms with van der Waals surface area (Å²) in [4.78, 5) is 36.1. The lowest BCUT2D eigenvalue weighted by atomic mass is 9.94. The molecule has 1 aromatic carbocycles. The van der Waals surface area contributed by atoms with Crippen molar-refractivity contribution in [2.24, 2.45) is 0 Å². The standard InChI is InChI=1S/C26H25FN6O2/c1-28-25(34)22-15-31-33-23(8-10-30-24(22)33)19-5-3-11-32(16-19)26(35)18-7-9-29-21(14-18)13-17-4-2-6-20(27)12-17/h2,4,6-10,12,14-15,19H,3,5,11,13,16H2,1H3,(H,28,34)/t19-/m1/s1. The van der Waals surface area contributed by atoms with E-state index in [0.29, 0.717) is 42.0 Å². The van der Waals surface area contributed by atoms with E-state index in [9.17, 15) is 14.0 Å². The van der Waals surface area contributed by atoms with Crippen LogP contribution in [0.1, 0.15) is 56.4 Å². The highest BCUT2D eigenvalue weighted by atomic mass is 19.1. The monoisotopic (exact) mass is 472 g/mol. The maximum absolute atomic E-state index is 13.5. The van der Waals surface area contributed by atoms with E-state index in [1.165, 1.54) is 18.3 Å². The van der Waals surface area contributed by atoms with Crippen LogP contribution in [-0.2, 0) is 6.42 Å². The summed E-state index contributed by atoms with van der Waals surface area (Å²) in [5, 5.41) is 7.02. The van der Waals surface area contributed by atoms with Crippen LogP contribution in [0.25, 0.3) is 5.65 Å². The van der Waals surface area contributed by atoms with E-state index in [-0.39, 0.29) is 23.5 Å². The van der Waals surface area contributed by atoms with E-state index >= 15 is 0 Å². The predicted molar refractivity (Wildman–Crippen MR) is 128 cm³/mol. The molecule has 35 heavy (non-hydrogen) atoms. The van der Waals surface area contributed by atoms with E-state index in [4.69, 9.17) is 0 Å². The third kappa shape index (κ3) is 4.62. The minimum Gasteiger partial charge on any atom is -0.355 e. The Kier molecular flexibility index (Phi) is 6.22. The number of piperidine rings is 1. The van der Waals surface area contributed by atoms with Crippen LogP contribution in [0.5, 0.6) is 0 Å². The molecule has 8 nitrogen and oxygen atoms in total. The predicted octanol–water partition coefficient (Wildman–Crippen LogP) is 3.23. The molecule has 0 spiro atoms. The Morgan fingerprint density at radius 3 is 2.83 bits per heavy atom. The number of halogens is 1. The zero-order valence-electron chi connectivity index (χ0n) is 19.3. The number of carbonyl (C=O) groups excluding carboxylic acids is 2. The number of rotatable bonds is 5. The SMILES string of the molecule is CNC(=O)c1cnn2c([C@@H]3CCCN(C(=O)c4ccnc(Cc5cccc(F)c5)c4)C3)ccnc12. The first-order chi connectivity index (χ1) is 17.0. The van der Waals surface area contributed by atoms with Crippen molar-refractivity contribution in [2.75, 3.05) is 20.1 Å². The van der Waals surface area contributed by atoms with Gasteiger partial charge in [0.05, 0.1) is 11.9 Å². The molecule has 0 bridgehead atoms. The minimum absolute atomic E-state index is 0.0595. The minimum atomic E-state index is -0.293. The third-order valence-electron chi connectivity index (χ3n) is 6.37. The lowest BCUT2D eigenvalue weighted by Crippen LogP contribution is -2.39. The second-order valence-corrected chi connectivity index (χ2v) is 8.68. The molecule has 0 saturated carbocycles. The Morgan fingerprint density at radius 2 is 2.00 bits per heavy atom. The van der Waals surface area contributed by atoms with Gasteiger partial charge in [-0.05, 0) is 48.7 Å². The average molecular weight is 473 g/mol. The van der Waals surface area contributed by atoms with Gasteiger partial charge in [-0.1, -0.05) is 12.1 Å². The first-order valence-corrected chi connectivity index (χ1v) is 11.6. The summed E-state index contributed by atoms with van der Waals surface area (Å²) < 4.78 is 15.2. The lowest BCUT2D eigenvalue weighted by Gasteiger charge is -2.33. The quantitative estimate of drug-likeness (QED) is 0.482. The topological polar surface area (TPSA) is 92.5 Å². The van der Waals surface area contributed by atoms with Gasteiger partial charge in [0.15, 0.2) is 5.65 Å². The number of likely N-dealkylation sites (tertiary alicyclic amines) is 1. The maximum atomic E-state index is 13.5. The molecule has 2 amide bonds. The molecule has 1 aliphatic heterocycles. The van der Waals surface area contributed by atoms with E-state index in [0.717, 1.165) is 24.1 Å². The number of benzene rings is 1. The number of amides is 2. The molecule has 1 atom stereocenters. The second-order valence-electron chi connectivity index (χ2n) is 8.68. The Morgan fingerprint density at radius 1 is 1.14 bits per heavy atom. The number of fused-ring (bicyclic) bond motifs is 1. The molecule has 4 heterocycles. The van der Waals surface area contributed by atoms with Crippen LogP contribution in [0.15, 0.2) is 61.1 Å². The third-order valence-corrected chi connectivity index (χ3v) is 6.37. The molecular formula is C26H25FN6O2. The van der Waals surface area contributed by atoms with Gasteiger partial charge in [0.25, 0.3) is 11.8 Å². The van der Waals surface area contributed by atoms with Gasteiger partial charge in [-0.3, -0.25) is 14.6 Å². The number of hydrogen-bond donors (Lipinski definition) is 1. The number of nitrogens with one attached hydrogen (secondary N) is 1. The van der Waals surface area contributed by atoms with E-state index in [1.54, 1.807) is 42.2 Å². The van der Waals surface area contributed by atoms with Crippen LogP contribution in [0.2, 0.25) is 0 Å². The Hall–Kier alpha value is -4.14. The van der Waals surface area contributed by atoms with Crippen molar-refractivity contribution in [3.8, 4) is 0 Å². The van der Waals surface area contributed by atoms with E-state index < -0.39 is 0 Å². The highest BCUT2D eigenvalue weighted by Gasteiger charge is 2.28. The van der Waals surface area contributed by atoms with Crippen LogP contribution < -0.4 is 5.32 Å². The van der Waals surface area contributed by atoms with Crippen LogP contribution in [-0.4, -0.2) is 56.4 Å². The highest BCUT2D eigenvalue weighted by molar-refractivity contribution is 5.99. The molecule has 0 aliphatic carbocycles. The maximum Gasteiger partial charge on any atom is 0.256 e. The van der Waals surface area contributed by atoms with Gasteiger partial charge in [0.1, 0.15) is 11.4 Å². The summed E-state index contributed by atoms with van der Waals surface area (Å²) in [5.74, 6) is -0.533. The molecule has 3 aromatic heterocycles.